The largest absolute Gasteiger partial charge is 0.446 e. The van der Waals surface area contributed by atoms with Crippen LogP contribution in [0.3, 0.4) is 0 Å². The van der Waals surface area contributed by atoms with Gasteiger partial charge in [-0.2, -0.15) is 0 Å². The van der Waals surface area contributed by atoms with Crippen LogP contribution in [0.25, 0.3) is 0 Å². The number of para-hydroxylation sites is 1. The fraction of sp³-hybridized carbons (Fsp3) is 0.522. The monoisotopic (exact) mass is 442 g/mol. The highest BCUT2D eigenvalue weighted by Crippen LogP contribution is 2.30. The SMILES string of the molecule is O=C(NO)C1CN(c2ccccc2)CCN1C(=O)C1CCCC(OC(=O)N2CC=CC2)C1. The summed E-state index contributed by atoms with van der Waals surface area (Å²) >= 11 is 0. The van der Waals surface area contributed by atoms with Crippen molar-refractivity contribution in [1.29, 1.82) is 0 Å². The molecule has 1 aromatic carbocycles. The first-order valence-corrected chi connectivity index (χ1v) is 11.2. The van der Waals surface area contributed by atoms with E-state index >= 15 is 0 Å². The average Bonchev–Trinajstić information content (AvgIpc) is 3.39. The zero-order valence-corrected chi connectivity index (χ0v) is 18.1. The molecule has 2 N–H and O–H groups in total. The maximum atomic E-state index is 13.4. The van der Waals surface area contributed by atoms with Crippen LogP contribution in [0.15, 0.2) is 42.5 Å². The van der Waals surface area contributed by atoms with Crippen LogP contribution in [0.2, 0.25) is 0 Å². The zero-order chi connectivity index (χ0) is 22.5. The molecule has 172 valence electrons. The van der Waals surface area contributed by atoms with E-state index in [-0.39, 0.29) is 24.0 Å². The van der Waals surface area contributed by atoms with E-state index < -0.39 is 11.9 Å². The highest BCUT2D eigenvalue weighted by Gasteiger charge is 2.40. The molecule has 3 atom stereocenters. The van der Waals surface area contributed by atoms with Gasteiger partial charge in [0, 0.05) is 44.3 Å². The van der Waals surface area contributed by atoms with Crippen LogP contribution in [-0.4, -0.2) is 77.8 Å². The Balaban J connectivity index is 1.40. The third kappa shape index (κ3) is 4.88. The highest BCUT2D eigenvalue weighted by molar-refractivity contribution is 5.89. The summed E-state index contributed by atoms with van der Waals surface area (Å²) in [7, 11) is 0. The van der Waals surface area contributed by atoms with Gasteiger partial charge in [-0.3, -0.25) is 14.8 Å². The van der Waals surface area contributed by atoms with Crippen LogP contribution >= 0.6 is 0 Å². The second-order valence-corrected chi connectivity index (χ2v) is 8.55. The molecule has 1 aliphatic carbocycles. The number of carbonyl (C=O) groups is 3. The van der Waals surface area contributed by atoms with Gasteiger partial charge in [0.05, 0.1) is 0 Å². The molecule has 0 bridgehead atoms. The van der Waals surface area contributed by atoms with Gasteiger partial charge in [0.25, 0.3) is 5.91 Å². The van der Waals surface area contributed by atoms with Crippen molar-refractivity contribution in [1.82, 2.24) is 15.3 Å². The molecule has 3 amide bonds. The molecule has 1 aromatic rings. The predicted molar refractivity (Wildman–Crippen MR) is 117 cm³/mol. The van der Waals surface area contributed by atoms with E-state index in [9.17, 15) is 19.6 Å². The number of nitrogens with one attached hydrogen (secondary N) is 1. The summed E-state index contributed by atoms with van der Waals surface area (Å²) in [6.07, 6.45) is 5.88. The molecule has 9 heteroatoms. The molecular weight excluding hydrogens is 412 g/mol. The molecular formula is C23H30N4O5. The van der Waals surface area contributed by atoms with Gasteiger partial charge in [0.2, 0.25) is 5.91 Å². The number of anilines is 1. The van der Waals surface area contributed by atoms with Crippen molar-refractivity contribution < 1.29 is 24.3 Å². The maximum absolute atomic E-state index is 13.4. The van der Waals surface area contributed by atoms with Gasteiger partial charge in [0.15, 0.2) is 0 Å². The fourth-order valence-electron chi connectivity index (χ4n) is 4.77. The lowest BCUT2D eigenvalue weighted by molar-refractivity contribution is -0.149. The average molecular weight is 443 g/mol. The Morgan fingerprint density at radius 3 is 2.50 bits per heavy atom. The van der Waals surface area contributed by atoms with Crippen molar-refractivity contribution in [3.05, 3.63) is 42.5 Å². The van der Waals surface area contributed by atoms with Crippen LogP contribution in [0.5, 0.6) is 0 Å². The van der Waals surface area contributed by atoms with E-state index in [4.69, 9.17) is 4.74 Å². The molecule has 1 saturated carbocycles. The molecule has 9 nitrogen and oxygen atoms in total. The summed E-state index contributed by atoms with van der Waals surface area (Å²) in [5, 5.41) is 9.28. The normalized spacial score (nSPS) is 25.5. The van der Waals surface area contributed by atoms with E-state index in [1.54, 1.807) is 15.3 Å². The molecule has 0 spiro atoms. The van der Waals surface area contributed by atoms with Crippen molar-refractivity contribution in [2.24, 2.45) is 5.92 Å². The molecule has 2 fully saturated rings. The number of ether oxygens (including phenoxy) is 1. The second kappa shape index (κ2) is 10.0. The number of nitrogens with zero attached hydrogens (tertiary/aromatic N) is 3. The van der Waals surface area contributed by atoms with Gasteiger partial charge in [-0.15, -0.1) is 0 Å². The molecule has 4 rings (SSSR count). The summed E-state index contributed by atoms with van der Waals surface area (Å²) in [5.74, 6) is -1.02. The van der Waals surface area contributed by atoms with E-state index in [1.807, 2.05) is 47.4 Å². The lowest BCUT2D eigenvalue weighted by Gasteiger charge is -2.43. The number of hydrogen-bond donors (Lipinski definition) is 2. The predicted octanol–water partition coefficient (Wildman–Crippen LogP) is 1.78. The first kappa shape index (κ1) is 22.1. The van der Waals surface area contributed by atoms with Crippen LogP contribution < -0.4 is 10.4 Å². The molecule has 3 unspecified atom stereocenters. The third-order valence-electron chi connectivity index (χ3n) is 6.52. The summed E-state index contributed by atoms with van der Waals surface area (Å²) < 4.78 is 5.66. The number of amides is 3. The number of rotatable bonds is 4. The van der Waals surface area contributed by atoms with Crippen LogP contribution in [-0.2, 0) is 14.3 Å². The van der Waals surface area contributed by atoms with Gasteiger partial charge in [-0.25, -0.2) is 10.3 Å². The first-order chi connectivity index (χ1) is 15.6. The Hall–Kier alpha value is -3.07. The van der Waals surface area contributed by atoms with Gasteiger partial charge < -0.3 is 19.4 Å². The number of benzene rings is 1. The smallest absolute Gasteiger partial charge is 0.410 e. The number of piperazine rings is 1. The Labute approximate surface area is 187 Å². The molecule has 0 aromatic heterocycles. The van der Waals surface area contributed by atoms with Crippen molar-refractivity contribution >= 4 is 23.6 Å². The molecule has 0 radical (unpaired) electrons. The Morgan fingerprint density at radius 1 is 1.03 bits per heavy atom. The van der Waals surface area contributed by atoms with Gasteiger partial charge in [0.1, 0.15) is 12.1 Å². The highest BCUT2D eigenvalue weighted by atomic mass is 16.6. The standard InChI is InChI=1S/C23H30N4O5/c28-21(24-31)20-16-26(18-8-2-1-3-9-18)13-14-27(20)22(29)17-7-6-10-19(15-17)32-23(30)25-11-4-5-12-25/h1-5,8-9,17,19-20,31H,6-7,10-16H2,(H,24,28). The quantitative estimate of drug-likeness (QED) is 0.419. The summed E-state index contributed by atoms with van der Waals surface area (Å²) in [6, 6.07) is 8.90. The number of hydrogen-bond acceptors (Lipinski definition) is 6. The van der Waals surface area contributed by atoms with Crippen molar-refractivity contribution in [3.8, 4) is 0 Å². The van der Waals surface area contributed by atoms with Gasteiger partial charge in [-0.05, 0) is 37.8 Å². The molecule has 32 heavy (non-hydrogen) atoms. The second-order valence-electron chi connectivity index (χ2n) is 8.55. The summed E-state index contributed by atoms with van der Waals surface area (Å²) in [6.45, 7) is 2.38. The van der Waals surface area contributed by atoms with Crippen LogP contribution in [0, 0.1) is 5.92 Å². The van der Waals surface area contributed by atoms with Crippen LogP contribution in [0.1, 0.15) is 25.7 Å². The van der Waals surface area contributed by atoms with E-state index in [2.05, 4.69) is 0 Å². The van der Waals surface area contributed by atoms with Crippen molar-refractivity contribution in [3.63, 3.8) is 0 Å². The minimum Gasteiger partial charge on any atom is -0.446 e. The summed E-state index contributed by atoms with van der Waals surface area (Å²) in [5.41, 5.74) is 2.69. The maximum Gasteiger partial charge on any atom is 0.410 e. The zero-order valence-electron chi connectivity index (χ0n) is 18.1. The van der Waals surface area contributed by atoms with E-state index in [1.165, 1.54) is 0 Å². The lowest BCUT2D eigenvalue weighted by atomic mass is 9.85. The van der Waals surface area contributed by atoms with E-state index in [0.717, 1.165) is 18.5 Å². The minimum absolute atomic E-state index is 0.116. The van der Waals surface area contributed by atoms with Crippen LogP contribution in [0.4, 0.5) is 10.5 Å². The number of carbonyl (C=O) groups excluding carboxylic acids is 3. The molecule has 2 aliphatic heterocycles. The van der Waals surface area contributed by atoms with Gasteiger partial charge >= 0.3 is 6.09 Å². The fourth-order valence-corrected chi connectivity index (χ4v) is 4.77. The molecule has 2 heterocycles. The van der Waals surface area contributed by atoms with Crippen molar-refractivity contribution in [2.75, 3.05) is 37.6 Å². The third-order valence-corrected chi connectivity index (χ3v) is 6.52. The Morgan fingerprint density at radius 2 is 1.78 bits per heavy atom. The molecule has 1 saturated heterocycles. The van der Waals surface area contributed by atoms with E-state index in [0.29, 0.717) is 45.6 Å². The molecule has 3 aliphatic rings. The van der Waals surface area contributed by atoms with Crippen molar-refractivity contribution in [2.45, 2.75) is 37.8 Å². The number of hydroxylamine groups is 1. The first-order valence-electron chi connectivity index (χ1n) is 11.2. The Bertz CT molecular complexity index is 853. The topological polar surface area (TPSA) is 102 Å². The summed E-state index contributed by atoms with van der Waals surface area (Å²) in [4.78, 5) is 43.4. The lowest BCUT2D eigenvalue weighted by Crippen LogP contribution is -2.61. The Kier molecular flexibility index (Phi) is 6.94. The van der Waals surface area contributed by atoms with Gasteiger partial charge in [-0.1, -0.05) is 30.4 Å². The minimum atomic E-state index is -0.792.